The van der Waals surface area contributed by atoms with Crippen LogP contribution in [0, 0.1) is 12.3 Å². The van der Waals surface area contributed by atoms with Crippen molar-refractivity contribution in [1.82, 2.24) is 5.32 Å². The smallest absolute Gasteiger partial charge is 0.120 e. The summed E-state index contributed by atoms with van der Waals surface area (Å²) >= 11 is 0. The Morgan fingerprint density at radius 2 is 2.00 bits per heavy atom. The van der Waals surface area contributed by atoms with E-state index in [-0.39, 0.29) is 18.1 Å². The van der Waals surface area contributed by atoms with Crippen LogP contribution in [0.4, 0.5) is 0 Å². The van der Waals surface area contributed by atoms with Gasteiger partial charge in [0.1, 0.15) is 5.75 Å². The molecule has 0 saturated carbocycles. The number of nitrogens with one attached hydrogen (secondary N) is 1. The van der Waals surface area contributed by atoms with Crippen molar-refractivity contribution in [2.75, 3.05) is 13.2 Å². The van der Waals surface area contributed by atoms with Crippen LogP contribution in [0.25, 0.3) is 0 Å². The molecule has 1 rings (SSSR count). The molecule has 1 aromatic carbocycles. The van der Waals surface area contributed by atoms with E-state index < -0.39 is 0 Å². The standard InChI is InChI=1S/C15H25NO2/c1-11-5-6-13(14(18)9-11)12(2)16-10-15(3,4)7-8-17/h5-6,9,12,16-18H,7-8,10H2,1-4H3. The van der Waals surface area contributed by atoms with Gasteiger partial charge in [0.2, 0.25) is 0 Å². The summed E-state index contributed by atoms with van der Waals surface area (Å²) in [5.74, 6) is 0.343. The van der Waals surface area contributed by atoms with Crippen LogP contribution >= 0.6 is 0 Å². The topological polar surface area (TPSA) is 52.5 Å². The Kier molecular flexibility index (Phi) is 5.17. The highest BCUT2D eigenvalue weighted by molar-refractivity contribution is 5.37. The second-order valence-electron chi connectivity index (χ2n) is 5.80. The summed E-state index contributed by atoms with van der Waals surface area (Å²) in [6.45, 7) is 9.27. The molecule has 3 N–H and O–H groups in total. The second-order valence-corrected chi connectivity index (χ2v) is 5.80. The van der Waals surface area contributed by atoms with Crippen molar-refractivity contribution in [3.05, 3.63) is 29.3 Å². The Morgan fingerprint density at radius 1 is 1.33 bits per heavy atom. The van der Waals surface area contributed by atoms with Gasteiger partial charge in [-0.15, -0.1) is 0 Å². The van der Waals surface area contributed by atoms with Crippen LogP contribution < -0.4 is 5.32 Å². The maximum absolute atomic E-state index is 9.91. The van der Waals surface area contributed by atoms with Crippen molar-refractivity contribution in [3.63, 3.8) is 0 Å². The number of phenols is 1. The maximum Gasteiger partial charge on any atom is 0.120 e. The molecule has 0 aromatic heterocycles. The minimum Gasteiger partial charge on any atom is -0.508 e. The van der Waals surface area contributed by atoms with Crippen molar-refractivity contribution in [2.45, 2.75) is 40.2 Å². The lowest BCUT2D eigenvalue weighted by Gasteiger charge is -2.27. The van der Waals surface area contributed by atoms with E-state index in [2.05, 4.69) is 19.2 Å². The van der Waals surface area contributed by atoms with Gasteiger partial charge in [0.25, 0.3) is 0 Å². The molecule has 0 fully saturated rings. The third kappa shape index (κ3) is 4.31. The highest BCUT2D eigenvalue weighted by Crippen LogP contribution is 2.26. The molecule has 0 aliphatic carbocycles. The van der Waals surface area contributed by atoms with Gasteiger partial charge in [0.15, 0.2) is 0 Å². The van der Waals surface area contributed by atoms with Gasteiger partial charge in [-0.3, -0.25) is 0 Å². The molecule has 0 spiro atoms. The van der Waals surface area contributed by atoms with Crippen LogP contribution in [0.5, 0.6) is 5.75 Å². The summed E-state index contributed by atoms with van der Waals surface area (Å²) in [4.78, 5) is 0. The highest BCUT2D eigenvalue weighted by atomic mass is 16.3. The molecule has 0 heterocycles. The molecule has 3 heteroatoms. The quantitative estimate of drug-likeness (QED) is 0.728. The van der Waals surface area contributed by atoms with Crippen molar-refractivity contribution in [2.24, 2.45) is 5.41 Å². The summed E-state index contributed by atoms with van der Waals surface area (Å²) in [5, 5.41) is 22.3. The van der Waals surface area contributed by atoms with Gasteiger partial charge < -0.3 is 15.5 Å². The first kappa shape index (κ1) is 15.0. The van der Waals surface area contributed by atoms with E-state index in [0.717, 1.165) is 24.1 Å². The molecule has 0 radical (unpaired) electrons. The van der Waals surface area contributed by atoms with Gasteiger partial charge in [-0.05, 0) is 37.3 Å². The van der Waals surface area contributed by atoms with Crippen molar-refractivity contribution >= 4 is 0 Å². The van der Waals surface area contributed by atoms with Gasteiger partial charge in [0, 0.05) is 24.8 Å². The summed E-state index contributed by atoms with van der Waals surface area (Å²) < 4.78 is 0. The molecule has 0 saturated heterocycles. The second kappa shape index (κ2) is 6.21. The number of aryl methyl sites for hydroxylation is 1. The van der Waals surface area contributed by atoms with E-state index in [1.54, 1.807) is 6.07 Å². The molecule has 1 unspecified atom stereocenters. The predicted octanol–water partition coefficient (Wildman–Crippen LogP) is 2.76. The fourth-order valence-corrected chi connectivity index (χ4v) is 1.95. The number of aliphatic hydroxyl groups excluding tert-OH is 1. The third-order valence-corrected chi connectivity index (χ3v) is 3.33. The normalized spacial score (nSPS) is 13.6. The number of phenolic OH excluding ortho intramolecular Hbond substituents is 1. The Labute approximate surface area is 110 Å². The predicted molar refractivity (Wildman–Crippen MR) is 74.7 cm³/mol. The Balaban J connectivity index is 2.63. The highest BCUT2D eigenvalue weighted by Gasteiger charge is 2.19. The molecule has 1 aromatic rings. The number of aliphatic hydroxyl groups is 1. The van der Waals surface area contributed by atoms with E-state index in [4.69, 9.17) is 5.11 Å². The molecule has 0 aliphatic rings. The van der Waals surface area contributed by atoms with Crippen molar-refractivity contribution in [1.29, 1.82) is 0 Å². The first-order valence-electron chi connectivity index (χ1n) is 6.49. The van der Waals surface area contributed by atoms with Crippen LogP contribution in [0.2, 0.25) is 0 Å². The van der Waals surface area contributed by atoms with E-state index in [0.29, 0.717) is 5.75 Å². The number of benzene rings is 1. The van der Waals surface area contributed by atoms with E-state index >= 15 is 0 Å². The van der Waals surface area contributed by atoms with Gasteiger partial charge in [-0.2, -0.15) is 0 Å². The molecule has 0 amide bonds. The molecule has 102 valence electrons. The monoisotopic (exact) mass is 251 g/mol. The summed E-state index contributed by atoms with van der Waals surface area (Å²) in [7, 11) is 0. The average Bonchev–Trinajstić information content (AvgIpc) is 2.26. The van der Waals surface area contributed by atoms with E-state index in [1.165, 1.54) is 0 Å². The third-order valence-electron chi connectivity index (χ3n) is 3.33. The first-order valence-corrected chi connectivity index (χ1v) is 6.49. The number of hydrogen-bond acceptors (Lipinski definition) is 3. The first-order chi connectivity index (χ1) is 8.35. The van der Waals surface area contributed by atoms with Crippen molar-refractivity contribution in [3.8, 4) is 5.75 Å². The zero-order valence-electron chi connectivity index (χ0n) is 11.8. The summed E-state index contributed by atoms with van der Waals surface area (Å²) in [6, 6.07) is 5.85. The van der Waals surface area contributed by atoms with Gasteiger partial charge in [-0.25, -0.2) is 0 Å². The largest absolute Gasteiger partial charge is 0.508 e. The fraction of sp³-hybridized carbons (Fsp3) is 0.600. The Hall–Kier alpha value is -1.06. The van der Waals surface area contributed by atoms with Crippen LogP contribution in [-0.2, 0) is 0 Å². The molecular formula is C15H25NO2. The van der Waals surface area contributed by atoms with Crippen LogP contribution in [-0.4, -0.2) is 23.4 Å². The van der Waals surface area contributed by atoms with Gasteiger partial charge in [-0.1, -0.05) is 26.0 Å². The average molecular weight is 251 g/mol. The minimum atomic E-state index is 0.0589. The molecule has 3 nitrogen and oxygen atoms in total. The lowest BCUT2D eigenvalue weighted by molar-refractivity contribution is 0.203. The lowest BCUT2D eigenvalue weighted by Crippen LogP contribution is -2.32. The molecular weight excluding hydrogens is 226 g/mol. The van der Waals surface area contributed by atoms with E-state index in [1.807, 2.05) is 26.0 Å². The number of aromatic hydroxyl groups is 1. The zero-order valence-corrected chi connectivity index (χ0v) is 11.8. The molecule has 18 heavy (non-hydrogen) atoms. The van der Waals surface area contributed by atoms with Gasteiger partial charge in [0.05, 0.1) is 0 Å². The maximum atomic E-state index is 9.91. The van der Waals surface area contributed by atoms with Crippen LogP contribution in [0.1, 0.15) is 44.4 Å². The van der Waals surface area contributed by atoms with Crippen molar-refractivity contribution < 1.29 is 10.2 Å². The SMILES string of the molecule is Cc1ccc(C(C)NCC(C)(C)CCO)c(O)c1. The Morgan fingerprint density at radius 3 is 2.56 bits per heavy atom. The minimum absolute atomic E-state index is 0.0589. The van der Waals surface area contributed by atoms with Gasteiger partial charge >= 0.3 is 0 Å². The molecule has 0 bridgehead atoms. The van der Waals surface area contributed by atoms with Crippen LogP contribution in [0.3, 0.4) is 0 Å². The summed E-state index contributed by atoms with van der Waals surface area (Å²) in [5.41, 5.74) is 2.04. The lowest BCUT2D eigenvalue weighted by atomic mass is 9.89. The van der Waals surface area contributed by atoms with E-state index in [9.17, 15) is 5.11 Å². The molecule has 1 atom stereocenters. The molecule has 0 aliphatic heterocycles. The fourth-order valence-electron chi connectivity index (χ4n) is 1.95. The summed E-state index contributed by atoms with van der Waals surface area (Å²) in [6.07, 6.45) is 0.770. The van der Waals surface area contributed by atoms with Crippen LogP contribution in [0.15, 0.2) is 18.2 Å². The zero-order chi connectivity index (χ0) is 13.8. The Bertz CT molecular complexity index is 388. The number of rotatable bonds is 6. The number of hydrogen-bond donors (Lipinski definition) is 3.